The van der Waals surface area contributed by atoms with Gasteiger partial charge in [0.2, 0.25) is 0 Å². The van der Waals surface area contributed by atoms with Crippen LogP contribution in [0.3, 0.4) is 0 Å². The van der Waals surface area contributed by atoms with Crippen molar-refractivity contribution in [3.05, 3.63) is 64.2 Å². The molecule has 0 amide bonds. The third-order valence-corrected chi connectivity index (χ3v) is 3.19. The fraction of sp³-hybridized carbons (Fsp3) is 0.0714. The van der Waals surface area contributed by atoms with E-state index in [1.807, 2.05) is 0 Å². The number of ether oxygens (including phenoxy) is 1. The number of hydrogen-bond acceptors (Lipinski definition) is 2. The van der Waals surface area contributed by atoms with Gasteiger partial charge in [-0.05, 0) is 30.3 Å². The van der Waals surface area contributed by atoms with E-state index in [9.17, 15) is 8.78 Å². The monoisotopic (exact) mass is 313 g/mol. The minimum Gasteiger partial charge on any atom is -0.488 e. The molecule has 0 aromatic heterocycles. The van der Waals surface area contributed by atoms with E-state index >= 15 is 0 Å². The first-order valence-corrected chi connectivity index (χ1v) is 6.42. The Balaban J connectivity index is 2.25. The quantitative estimate of drug-likeness (QED) is 0.871. The average Bonchev–Trinajstić information content (AvgIpc) is 2.39. The molecule has 0 spiro atoms. The second kappa shape index (κ2) is 6.15. The first-order valence-electron chi connectivity index (χ1n) is 5.64. The number of benzene rings is 2. The van der Waals surface area contributed by atoms with E-state index < -0.39 is 11.6 Å². The first kappa shape index (κ1) is 14.7. The van der Waals surface area contributed by atoms with E-state index in [0.717, 1.165) is 0 Å². The molecule has 2 rings (SSSR count). The van der Waals surface area contributed by atoms with Gasteiger partial charge < -0.3 is 10.5 Å². The molecular weight excluding hydrogens is 304 g/mol. The van der Waals surface area contributed by atoms with E-state index in [0.29, 0.717) is 10.6 Å². The predicted molar refractivity (Wildman–Crippen MR) is 78.0 cm³/mol. The van der Waals surface area contributed by atoms with Crippen LogP contribution in [0.5, 0.6) is 5.75 Å². The highest BCUT2D eigenvalue weighted by atomic mass is 35.5. The first-order chi connectivity index (χ1) is 9.49. The summed E-state index contributed by atoms with van der Waals surface area (Å²) in [6.07, 6.45) is 0. The SMILES string of the molecule is NC(=S)c1c(F)cccc1OCc1cc(F)ccc1Cl. The molecule has 0 saturated heterocycles. The van der Waals surface area contributed by atoms with Crippen LogP contribution in [-0.2, 0) is 6.61 Å². The molecule has 0 unspecified atom stereocenters. The zero-order chi connectivity index (χ0) is 14.7. The average molecular weight is 314 g/mol. The molecule has 2 N–H and O–H groups in total. The minimum atomic E-state index is -0.569. The topological polar surface area (TPSA) is 35.2 Å². The van der Waals surface area contributed by atoms with Crippen LogP contribution in [0.4, 0.5) is 8.78 Å². The lowest BCUT2D eigenvalue weighted by atomic mass is 10.2. The van der Waals surface area contributed by atoms with Crippen molar-refractivity contribution in [2.45, 2.75) is 6.61 Å². The van der Waals surface area contributed by atoms with Crippen molar-refractivity contribution in [1.82, 2.24) is 0 Å². The van der Waals surface area contributed by atoms with Crippen LogP contribution in [-0.4, -0.2) is 4.99 Å². The number of thiocarbonyl (C=S) groups is 1. The molecule has 0 bridgehead atoms. The van der Waals surface area contributed by atoms with Crippen LogP contribution in [0.1, 0.15) is 11.1 Å². The molecule has 2 aromatic carbocycles. The predicted octanol–water partition coefficient (Wildman–Crippen LogP) is 3.83. The van der Waals surface area contributed by atoms with E-state index in [1.54, 1.807) is 0 Å². The summed E-state index contributed by atoms with van der Waals surface area (Å²) >= 11 is 10.7. The third kappa shape index (κ3) is 3.23. The van der Waals surface area contributed by atoms with Crippen molar-refractivity contribution < 1.29 is 13.5 Å². The molecule has 0 heterocycles. The smallest absolute Gasteiger partial charge is 0.137 e. The van der Waals surface area contributed by atoms with Gasteiger partial charge in [-0.2, -0.15) is 0 Å². The highest BCUT2D eigenvalue weighted by molar-refractivity contribution is 7.80. The summed E-state index contributed by atoms with van der Waals surface area (Å²) in [6.45, 7) is -0.0182. The van der Waals surface area contributed by atoms with Gasteiger partial charge in [0.1, 0.15) is 29.0 Å². The van der Waals surface area contributed by atoms with Crippen molar-refractivity contribution >= 4 is 28.8 Å². The summed E-state index contributed by atoms with van der Waals surface area (Å²) in [4.78, 5) is -0.108. The highest BCUT2D eigenvalue weighted by Gasteiger charge is 2.13. The van der Waals surface area contributed by atoms with E-state index in [1.165, 1.54) is 36.4 Å². The highest BCUT2D eigenvalue weighted by Crippen LogP contribution is 2.24. The van der Waals surface area contributed by atoms with Crippen LogP contribution in [0.25, 0.3) is 0 Å². The fourth-order valence-electron chi connectivity index (χ4n) is 1.67. The number of halogens is 3. The number of hydrogen-bond donors (Lipinski definition) is 1. The third-order valence-electron chi connectivity index (χ3n) is 2.61. The molecule has 2 aromatic rings. The standard InChI is InChI=1S/C14H10ClF2NOS/c15-10-5-4-9(16)6-8(10)7-19-12-3-1-2-11(17)13(12)14(18)20/h1-6H,7H2,(H2,18,20). The molecule has 0 fully saturated rings. The Labute approximate surface area is 125 Å². The Kier molecular flexibility index (Phi) is 4.52. The maximum atomic E-state index is 13.6. The van der Waals surface area contributed by atoms with Gasteiger partial charge >= 0.3 is 0 Å². The Bertz CT molecular complexity index is 664. The largest absolute Gasteiger partial charge is 0.488 e. The van der Waals surface area contributed by atoms with Crippen molar-refractivity contribution in [2.24, 2.45) is 5.73 Å². The molecule has 0 aliphatic rings. The van der Waals surface area contributed by atoms with Gasteiger partial charge in [0.25, 0.3) is 0 Å². The maximum Gasteiger partial charge on any atom is 0.137 e. The fourth-order valence-corrected chi connectivity index (χ4v) is 2.04. The van der Waals surface area contributed by atoms with Gasteiger partial charge in [-0.1, -0.05) is 29.9 Å². The van der Waals surface area contributed by atoms with Gasteiger partial charge in [-0.3, -0.25) is 0 Å². The van der Waals surface area contributed by atoms with Crippen molar-refractivity contribution in [1.29, 1.82) is 0 Å². The normalized spacial score (nSPS) is 10.3. The van der Waals surface area contributed by atoms with Crippen molar-refractivity contribution in [2.75, 3.05) is 0 Å². The van der Waals surface area contributed by atoms with E-state index in [2.05, 4.69) is 0 Å². The van der Waals surface area contributed by atoms with Crippen molar-refractivity contribution in [3.8, 4) is 5.75 Å². The zero-order valence-electron chi connectivity index (χ0n) is 10.2. The minimum absolute atomic E-state index is 0.0182. The summed E-state index contributed by atoms with van der Waals surface area (Å²) in [5, 5.41) is 0.361. The van der Waals surface area contributed by atoms with Crippen LogP contribution in [0, 0.1) is 11.6 Å². The van der Waals surface area contributed by atoms with Crippen molar-refractivity contribution in [3.63, 3.8) is 0 Å². The molecule has 0 radical (unpaired) electrons. The van der Waals surface area contributed by atoms with Gasteiger partial charge in [-0.15, -0.1) is 0 Å². The van der Waals surface area contributed by atoms with Gasteiger partial charge in [0.05, 0.1) is 5.56 Å². The van der Waals surface area contributed by atoms with Gasteiger partial charge in [-0.25, -0.2) is 8.78 Å². The lowest BCUT2D eigenvalue weighted by Gasteiger charge is -2.12. The lowest BCUT2D eigenvalue weighted by molar-refractivity contribution is 0.303. The second-order valence-electron chi connectivity index (χ2n) is 4.00. The van der Waals surface area contributed by atoms with E-state index in [4.69, 9.17) is 34.3 Å². The summed E-state index contributed by atoms with van der Waals surface area (Å²) < 4.78 is 32.2. The summed E-state index contributed by atoms with van der Waals surface area (Å²) in [5.41, 5.74) is 5.94. The van der Waals surface area contributed by atoms with Gasteiger partial charge in [0.15, 0.2) is 0 Å². The Morgan fingerprint density at radius 1 is 1.25 bits per heavy atom. The van der Waals surface area contributed by atoms with Crippen LogP contribution in [0.2, 0.25) is 5.02 Å². The molecule has 0 aliphatic heterocycles. The summed E-state index contributed by atoms with van der Waals surface area (Å²) in [7, 11) is 0. The molecule has 0 atom stereocenters. The Morgan fingerprint density at radius 2 is 2.00 bits per heavy atom. The summed E-state index contributed by atoms with van der Waals surface area (Å²) in [6, 6.07) is 8.16. The molecule has 0 saturated carbocycles. The number of nitrogens with two attached hydrogens (primary N) is 1. The molecule has 2 nitrogen and oxygen atoms in total. The van der Waals surface area contributed by atoms with Crippen LogP contribution < -0.4 is 10.5 Å². The maximum absolute atomic E-state index is 13.6. The van der Waals surface area contributed by atoms with E-state index in [-0.39, 0.29) is 22.9 Å². The molecule has 0 aliphatic carbocycles. The molecular formula is C14H10ClF2NOS. The lowest BCUT2D eigenvalue weighted by Crippen LogP contribution is -2.14. The zero-order valence-corrected chi connectivity index (χ0v) is 11.8. The van der Waals surface area contributed by atoms with Gasteiger partial charge in [0, 0.05) is 10.6 Å². The van der Waals surface area contributed by atoms with Crippen LogP contribution >= 0.6 is 23.8 Å². The molecule has 20 heavy (non-hydrogen) atoms. The number of rotatable bonds is 4. The summed E-state index contributed by atoms with van der Waals surface area (Å²) in [5.74, 6) is -0.806. The molecule has 6 heteroatoms. The Morgan fingerprint density at radius 3 is 2.70 bits per heavy atom. The Hall–Kier alpha value is -1.72. The molecule has 104 valence electrons. The second-order valence-corrected chi connectivity index (χ2v) is 4.85. The van der Waals surface area contributed by atoms with Crippen LogP contribution in [0.15, 0.2) is 36.4 Å².